The van der Waals surface area contributed by atoms with Crippen LogP contribution in [0.2, 0.25) is 0 Å². The molecule has 1 aliphatic heterocycles. The molecule has 0 radical (unpaired) electrons. The monoisotopic (exact) mass is 519 g/mol. The van der Waals surface area contributed by atoms with Crippen molar-refractivity contribution in [3.05, 3.63) is 17.0 Å². The second kappa shape index (κ2) is 14.2. The zero-order valence-electron chi connectivity index (χ0n) is 19.1. The van der Waals surface area contributed by atoms with E-state index in [1.807, 2.05) is 0 Å². The van der Waals surface area contributed by atoms with Crippen LogP contribution in [-0.2, 0) is 19.4 Å². The summed E-state index contributed by atoms with van der Waals surface area (Å²) in [5.41, 5.74) is 2.18. The number of nitrogens with zero attached hydrogens (tertiary/aromatic N) is 3. The lowest BCUT2D eigenvalue weighted by atomic mass is 9.92. The van der Waals surface area contributed by atoms with E-state index in [1.54, 1.807) is 0 Å². The van der Waals surface area contributed by atoms with E-state index in [-0.39, 0.29) is 24.0 Å². The van der Waals surface area contributed by atoms with Gasteiger partial charge in [0.25, 0.3) is 0 Å². The molecule has 1 aliphatic rings. The first kappa shape index (κ1) is 26.2. The quantitative estimate of drug-likeness (QED) is 0.210. The van der Waals surface area contributed by atoms with Gasteiger partial charge in [0.2, 0.25) is 0 Å². The second-order valence-corrected chi connectivity index (χ2v) is 8.27. The number of aliphatic imine (C=N–C) groups is 1. The van der Waals surface area contributed by atoms with E-state index in [2.05, 4.69) is 55.3 Å². The summed E-state index contributed by atoms with van der Waals surface area (Å²) >= 11 is 0. The first-order chi connectivity index (χ1) is 13.6. The lowest BCUT2D eigenvalue weighted by Gasteiger charge is -2.34. The molecule has 2 N–H and O–H groups in total. The molecule has 0 aliphatic carbocycles. The molecule has 7 heteroatoms. The Morgan fingerprint density at radius 2 is 1.83 bits per heavy atom. The van der Waals surface area contributed by atoms with Crippen LogP contribution in [0.4, 0.5) is 0 Å². The molecule has 0 bridgehead atoms. The highest BCUT2D eigenvalue weighted by atomic mass is 127. The molecule has 29 heavy (non-hydrogen) atoms. The Hall–Kier alpha value is -0.830. The van der Waals surface area contributed by atoms with Gasteiger partial charge in [0.05, 0.1) is 12.2 Å². The van der Waals surface area contributed by atoms with E-state index in [1.165, 1.54) is 32.5 Å². The van der Waals surface area contributed by atoms with Gasteiger partial charge in [-0.1, -0.05) is 32.9 Å². The summed E-state index contributed by atoms with van der Waals surface area (Å²) in [7, 11) is 0. The van der Waals surface area contributed by atoms with Crippen molar-refractivity contribution in [1.82, 2.24) is 20.7 Å². The zero-order valence-corrected chi connectivity index (χ0v) is 21.4. The van der Waals surface area contributed by atoms with Crippen LogP contribution in [0.3, 0.4) is 0 Å². The van der Waals surface area contributed by atoms with Gasteiger partial charge in [-0.15, -0.1) is 24.0 Å². The maximum absolute atomic E-state index is 5.45. The fourth-order valence-corrected chi connectivity index (χ4v) is 4.26. The van der Waals surface area contributed by atoms with E-state index in [9.17, 15) is 0 Å². The molecule has 2 atom stereocenters. The van der Waals surface area contributed by atoms with Gasteiger partial charge in [-0.2, -0.15) is 0 Å². The number of aromatic nitrogens is 1. The Morgan fingerprint density at radius 1 is 1.10 bits per heavy atom. The van der Waals surface area contributed by atoms with Gasteiger partial charge in [0.15, 0.2) is 5.96 Å². The predicted octanol–water partition coefficient (Wildman–Crippen LogP) is 4.23. The molecule has 0 saturated carbocycles. The van der Waals surface area contributed by atoms with Crippen LogP contribution in [0.25, 0.3) is 0 Å². The number of hydrogen-bond acceptors (Lipinski definition) is 4. The summed E-state index contributed by atoms with van der Waals surface area (Å²) in [5, 5.41) is 11.0. The van der Waals surface area contributed by atoms with Crippen molar-refractivity contribution < 1.29 is 4.52 Å². The largest absolute Gasteiger partial charge is 0.361 e. The average molecular weight is 520 g/mol. The van der Waals surface area contributed by atoms with Crippen molar-refractivity contribution in [3.8, 4) is 0 Å². The number of piperidine rings is 1. The number of likely N-dealkylation sites (tertiary alicyclic amines) is 1. The second-order valence-electron chi connectivity index (χ2n) is 8.27. The molecular formula is C22H42IN5O. The maximum Gasteiger partial charge on any atom is 0.191 e. The minimum Gasteiger partial charge on any atom is -0.361 e. The van der Waals surface area contributed by atoms with Gasteiger partial charge in [0, 0.05) is 38.2 Å². The molecular weight excluding hydrogens is 477 g/mol. The molecule has 1 fully saturated rings. The number of nitrogens with one attached hydrogen (secondary N) is 2. The van der Waals surface area contributed by atoms with Crippen LogP contribution in [0, 0.1) is 11.8 Å². The summed E-state index contributed by atoms with van der Waals surface area (Å²) in [6, 6.07) is 0. The fourth-order valence-electron chi connectivity index (χ4n) is 4.26. The summed E-state index contributed by atoms with van der Waals surface area (Å²) in [6.45, 7) is 17.2. The maximum atomic E-state index is 5.45. The van der Waals surface area contributed by atoms with Gasteiger partial charge in [-0.05, 0) is 51.0 Å². The van der Waals surface area contributed by atoms with Crippen LogP contribution in [-0.4, -0.2) is 48.7 Å². The Morgan fingerprint density at radius 3 is 2.45 bits per heavy atom. The molecule has 1 aromatic rings. The van der Waals surface area contributed by atoms with Crippen molar-refractivity contribution >= 4 is 29.9 Å². The lowest BCUT2D eigenvalue weighted by molar-refractivity contribution is 0.139. The Kier molecular flexibility index (Phi) is 12.9. The van der Waals surface area contributed by atoms with Crippen LogP contribution in [0.5, 0.6) is 0 Å². The molecule has 6 nitrogen and oxygen atoms in total. The molecule has 168 valence electrons. The van der Waals surface area contributed by atoms with Crippen molar-refractivity contribution in [2.45, 2.75) is 73.3 Å². The van der Waals surface area contributed by atoms with Gasteiger partial charge >= 0.3 is 0 Å². The normalized spacial score (nSPS) is 20.4. The molecule has 0 aromatic carbocycles. The molecule has 2 rings (SSSR count). The molecule has 0 amide bonds. The van der Waals surface area contributed by atoms with E-state index >= 15 is 0 Å². The minimum absolute atomic E-state index is 0. The summed E-state index contributed by atoms with van der Waals surface area (Å²) in [4.78, 5) is 7.41. The summed E-state index contributed by atoms with van der Waals surface area (Å²) < 4.78 is 5.45. The number of hydrogen-bond donors (Lipinski definition) is 2. The Balaban J connectivity index is 0.00000420. The van der Waals surface area contributed by atoms with Crippen molar-refractivity contribution in [2.24, 2.45) is 16.8 Å². The third-order valence-corrected chi connectivity index (χ3v) is 5.48. The number of unbranched alkanes of at least 4 members (excludes halogenated alkanes) is 1. The topological polar surface area (TPSA) is 65.7 Å². The van der Waals surface area contributed by atoms with E-state index in [0.29, 0.717) is 6.54 Å². The SMILES string of the molecule is CCNC(=NCc1c(CC)noc1CC)NCCCCN1CC(C)CC(C)C1.I. The lowest BCUT2D eigenvalue weighted by Crippen LogP contribution is -2.40. The summed E-state index contributed by atoms with van der Waals surface area (Å²) in [6.07, 6.45) is 5.52. The predicted molar refractivity (Wildman–Crippen MR) is 132 cm³/mol. The number of guanidine groups is 1. The first-order valence-electron chi connectivity index (χ1n) is 11.3. The van der Waals surface area contributed by atoms with E-state index in [4.69, 9.17) is 9.52 Å². The van der Waals surface area contributed by atoms with E-state index in [0.717, 1.165) is 67.2 Å². The fraction of sp³-hybridized carbons (Fsp3) is 0.818. The third kappa shape index (κ3) is 8.82. The van der Waals surface area contributed by atoms with Crippen molar-refractivity contribution in [3.63, 3.8) is 0 Å². The smallest absolute Gasteiger partial charge is 0.191 e. The van der Waals surface area contributed by atoms with Crippen LogP contribution in [0.15, 0.2) is 9.52 Å². The van der Waals surface area contributed by atoms with Gasteiger partial charge in [0.1, 0.15) is 5.76 Å². The highest BCUT2D eigenvalue weighted by Crippen LogP contribution is 2.21. The van der Waals surface area contributed by atoms with Gasteiger partial charge in [-0.3, -0.25) is 0 Å². The first-order valence-corrected chi connectivity index (χ1v) is 11.3. The van der Waals surface area contributed by atoms with Crippen LogP contribution >= 0.6 is 24.0 Å². The minimum atomic E-state index is 0. The average Bonchev–Trinajstić information content (AvgIpc) is 3.07. The highest BCUT2D eigenvalue weighted by molar-refractivity contribution is 14.0. The zero-order chi connectivity index (χ0) is 20.4. The molecule has 2 unspecified atom stereocenters. The number of aryl methyl sites for hydroxylation is 2. The van der Waals surface area contributed by atoms with Crippen molar-refractivity contribution in [1.29, 1.82) is 0 Å². The van der Waals surface area contributed by atoms with Crippen molar-refractivity contribution in [2.75, 3.05) is 32.7 Å². The molecule has 1 aromatic heterocycles. The molecule has 2 heterocycles. The Labute approximate surface area is 194 Å². The standard InChI is InChI=1S/C22H41N5O.HI/c1-6-20-19(21(7-2)28-26-20)14-25-22(23-8-3)24-11-9-10-12-27-15-17(4)13-18(5)16-27;/h17-18H,6-16H2,1-5H3,(H2,23,24,25);1H. The summed E-state index contributed by atoms with van der Waals surface area (Å²) in [5.74, 6) is 3.52. The molecule has 1 saturated heterocycles. The van der Waals surface area contributed by atoms with Crippen LogP contribution < -0.4 is 10.6 Å². The Bertz CT molecular complexity index is 573. The van der Waals surface area contributed by atoms with E-state index < -0.39 is 0 Å². The van der Waals surface area contributed by atoms with Gasteiger partial charge < -0.3 is 20.1 Å². The van der Waals surface area contributed by atoms with Gasteiger partial charge in [-0.25, -0.2) is 4.99 Å². The third-order valence-electron chi connectivity index (χ3n) is 5.48. The molecule has 0 spiro atoms. The number of halogens is 1. The van der Waals surface area contributed by atoms with Crippen LogP contribution in [0.1, 0.15) is 70.9 Å². The highest BCUT2D eigenvalue weighted by Gasteiger charge is 2.21. The number of rotatable bonds is 10.